The highest BCUT2D eigenvalue weighted by atomic mass is 16.1. The normalized spacial score (nSPS) is 14.1. The van der Waals surface area contributed by atoms with Gasteiger partial charge in [0.15, 0.2) is 5.82 Å². The first-order chi connectivity index (χ1) is 13.4. The molecule has 0 atom stereocenters. The molecule has 0 aliphatic carbocycles. The molecule has 0 radical (unpaired) electrons. The Balaban J connectivity index is 1.55. The fourth-order valence-electron chi connectivity index (χ4n) is 3.38. The van der Waals surface area contributed by atoms with Gasteiger partial charge < -0.3 is 9.88 Å². The van der Waals surface area contributed by atoms with Gasteiger partial charge in [0, 0.05) is 47.2 Å². The van der Waals surface area contributed by atoms with E-state index in [1.54, 1.807) is 12.4 Å². The molecular formula is C23H22N4O. The minimum Gasteiger partial charge on any atom is -0.327 e. The molecule has 1 aliphatic rings. The highest BCUT2D eigenvalue weighted by Gasteiger charge is 2.30. The topological polar surface area (TPSA) is 59.8 Å². The van der Waals surface area contributed by atoms with Gasteiger partial charge in [-0.05, 0) is 57.0 Å². The van der Waals surface area contributed by atoms with Crippen molar-refractivity contribution in [2.24, 2.45) is 0 Å². The van der Waals surface area contributed by atoms with Crippen LogP contribution in [0.5, 0.6) is 0 Å². The van der Waals surface area contributed by atoms with Gasteiger partial charge in [0.1, 0.15) is 5.82 Å². The van der Waals surface area contributed by atoms with Crippen LogP contribution in [-0.2, 0) is 12.0 Å². The molecule has 0 fully saturated rings. The molecule has 28 heavy (non-hydrogen) atoms. The van der Waals surface area contributed by atoms with E-state index in [0.29, 0.717) is 11.4 Å². The molecule has 0 saturated heterocycles. The number of carbonyl (C=O) groups excluding carboxylic acids is 1. The Morgan fingerprint density at radius 3 is 2.86 bits per heavy atom. The lowest BCUT2D eigenvalue weighted by molar-refractivity contribution is 0.102. The standard InChI is InChI=1S/C23H22N4O/c1-16-6-8-19(13-18(16)9-7-17-5-4-12-24-14-17)22(28)26-20-15-27-21(25-20)10-11-23(27,2)3/h4-6,8,12-15H,10-11H2,1-3H3,(H,26,28). The van der Waals surface area contributed by atoms with Crippen molar-refractivity contribution in [3.63, 3.8) is 0 Å². The number of aromatic nitrogens is 3. The Bertz CT molecular complexity index is 1100. The van der Waals surface area contributed by atoms with Gasteiger partial charge in [-0.3, -0.25) is 9.78 Å². The molecule has 1 amide bonds. The van der Waals surface area contributed by atoms with Crippen LogP contribution in [-0.4, -0.2) is 20.4 Å². The molecule has 3 heterocycles. The first kappa shape index (κ1) is 18.0. The summed E-state index contributed by atoms with van der Waals surface area (Å²) in [5.41, 5.74) is 3.30. The van der Waals surface area contributed by atoms with Gasteiger partial charge >= 0.3 is 0 Å². The van der Waals surface area contributed by atoms with Crippen molar-refractivity contribution < 1.29 is 4.79 Å². The number of rotatable bonds is 2. The molecule has 3 aromatic rings. The van der Waals surface area contributed by atoms with E-state index in [4.69, 9.17) is 0 Å². The predicted molar refractivity (Wildman–Crippen MR) is 109 cm³/mol. The number of aryl methyl sites for hydroxylation is 2. The molecule has 5 heteroatoms. The number of nitrogens with zero attached hydrogens (tertiary/aromatic N) is 3. The number of pyridine rings is 1. The number of fused-ring (bicyclic) bond motifs is 1. The van der Waals surface area contributed by atoms with Crippen LogP contribution >= 0.6 is 0 Å². The third-order valence-electron chi connectivity index (χ3n) is 5.14. The Hall–Kier alpha value is -3.39. The second kappa shape index (κ2) is 6.97. The highest BCUT2D eigenvalue weighted by molar-refractivity contribution is 6.04. The van der Waals surface area contributed by atoms with Crippen molar-refractivity contribution in [1.82, 2.24) is 14.5 Å². The maximum atomic E-state index is 12.7. The largest absolute Gasteiger partial charge is 0.327 e. The van der Waals surface area contributed by atoms with E-state index in [0.717, 1.165) is 35.4 Å². The maximum Gasteiger partial charge on any atom is 0.256 e. The van der Waals surface area contributed by atoms with Gasteiger partial charge in [-0.1, -0.05) is 17.9 Å². The summed E-state index contributed by atoms with van der Waals surface area (Å²) in [6, 6.07) is 9.31. The molecule has 5 nitrogen and oxygen atoms in total. The zero-order valence-electron chi connectivity index (χ0n) is 16.3. The molecule has 1 aliphatic heterocycles. The molecule has 1 aromatic carbocycles. The summed E-state index contributed by atoms with van der Waals surface area (Å²) in [5, 5.41) is 2.92. The van der Waals surface area contributed by atoms with Crippen LogP contribution in [0.2, 0.25) is 0 Å². The number of amides is 1. The third-order valence-corrected chi connectivity index (χ3v) is 5.14. The fraction of sp³-hybridized carbons (Fsp3) is 0.261. The lowest BCUT2D eigenvalue weighted by Crippen LogP contribution is -2.20. The lowest BCUT2D eigenvalue weighted by Gasteiger charge is -2.20. The number of anilines is 1. The zero-order valence-corrected chi connectivity index (χ0v) is 16.3. The number of nitrogens with one attached hydrogen (secondary N) is 1. The number of hydrogen-bond donors (Lipinski definition) is 1. The Kier molecular flexibility index (Phi) is 4.48. The number of imidazole rings is 1. The van der Waals surface area contributed by atoms with Crippen molar-refractivity contribution in [2.45, 2.75) is 39.2 Å². The molecule has 2 aromatic heterocycles. The smallest absolute Gasteiger partial charge is 0.256 e. The fourth-order valence-corrected chi connectivity index (χ4v) is 3.38. The monoisotopic (exact) mass is 370 g/mol. The van der Waals surface area contributed by atoms with Gasteiger partial charge in [0.2, 0.25) is 0 Å². The molecule has 4 rings (SSSR count). The molecule has 0 saturated carbocycles. The summed E-state index contributed by atoms with van der Waals surface area (Å²) < 4.78 is 2.16. The van der Waals surface area contributed by atoms with Crippen LogP contribution in [0.25, 0.3) is 0 Å². The minimum absolute atomic E-state index is 0.0459. The van der Waals surface area contributed by atoms with Gasteiger partial charge in [-0.15, -0.1) is 0 Å². The first-order valence-corrected chi connectivity index (χ1v) is 9.35. The quantitative estimate of drug-likeness (QED) is 0.696. The lowest BCUT2D eigenvalue weighted by atomic mass is 10.0. The number of carbonyl (C=O) groups is 1. The molecule has 0 spiro atoms. The van der Waals surface area contributed by atoms with Crippen LogP contribution in [0.3, 0.4) is 0 Å². The average molecular weight is 370 g/mol. The minimum atomic E-state index is -0.181. The summed E-state index contributed by atoms with van der Waals surface area (Å²) in [6.07, 6.45) is 7.37. The van der Waals surface area contributed by atoms with Gasteiger partial charge in [-0.25, -0.2) is 4.98 Å². The highest BCUT2D eigenvalue weighted by Crippen LogP contribution is 2.32. The van der Waals surface area contributed by atoms with Crippen LogP contribution < -0.4 is 5.32 Å². The summed E-state index contributed by atoms with van der Waals surface area (Å²) in [4.78, 5) is 21.4. The molecular weight excluding hydrogens is 348 g/mol. The summed E-state index contributed by atoms with van der Waals surface area (Å²) in [7, 11) is 0. The second-order valence-corrected chi connectivity index (χ2v) is 7.70. The van der Waals surface area contributed by atoms with Crippen LogP contribution in [0, 0.1) is 18.8 Å². The summed E-state index contributed by atoms with van der Waals surface area (Å²) in [5.74, 6) is 7.67. The summed E-state index contributed by atoms with van der Waals surface area (Å²) >= 11 is 0. The van der Waals surface area contributed by atoms with E-state index in [9.17, 15) is 4.79 Å². The van der Waals surface area contributed by atoms with Crippen molar-refractivity contribution in [1.29, 1.82) is 0 Å². The maximum absolute atomic E-state index is 12.7. The van der Waals surface area contributed by atoms with Gasteiger partial charge in [0.25, 0.3) is 5.91 Å². The van der Waals surface area contributed by atoms with E-state index in [-0.39, 0.29) is 11.4 Å². The zero-order chi connectivity index (χ0) is 19.7. The Morgan fingerprint density at radius 1 is 1.25 bits per heavy atom. The average Bonchev–Trinajstić information content (AvgIpc) is 3.21. The second-order valence-electron chi connectivity index (χ2n) is 7.70. The molecule has 1 N–H and O–H groups in total. The van der Waals surface area contributed by atoms with E-state index in [2.05, 4.69) is 45.5 Å². The van der Waals surface area contributed by atoms with E-state index in [1.165, 1.54) is 0 Å². The third kappa shape index (κ3) is 3.54. The molecule has 140 valence electrons. The van der Waals surface area contributed by atoms with E-state index < -0.39 is 0 Å². The van der Waals surface area contributed by atoms with Crippen molar-refractivity contribution in [2.75, 3.05) is 5.32 Å². The van der Waals surface area contributed by atoms with E-state index in [1.807, 2.05) is 43.5 Å². The first-order valence-electron chi connectivity index (χ1n) is 9.35. The van der Waals surface area contributed by atoms with E-state index >= 15 is 0 Å². The van der Waals surface area contributed by atoms with Gasteiger partial charge in [0.05, 0.1) is 0 Å². The van der Waals surface area contributed by atoms with Crippen molar-refractivity contribution in [3.8, 4) is 11.8 Å². The van der Waals surface area contributed by atoms with Crippen molar-refractivity contribution >= 4 is 11.7 Å². The van der Waals surface area contributed by atoms with Crippen molar-refractivity contribution in [3.05, 3.63) is 77.0 Å². The van der Waals surface area contributed by atoms with Crippen LogP contribution in [0.4, 0.5) is 5.82 Å². The van der Waals surface area contributed by atoms with Crippen LogP contribution in [0.1, 0.15) is 53.1 Å². The van der Waals surface area contributed by atoms with Gasteiger partial charge in [-0.2, -0.15) is 0 Å². The predicted octanol–water partition coefficient (Wildman–Crippen LogP) is 3.92. The Morgan fingerprint density at radius 2 is 2.11 bits per heavy atom. The Labute approximate surface area is 164 Å². The molecule has 0 bridgehead atoms. The summed E-state index contributed by atoms with van der Waals surface area (Å²) in [6.45, 7) is 6.35. The number of benzene rings is 1. The molecule has 0 unspecified atom stereocenters. The van der Waals surface area contributed by atoms with Crippen LogP contribution in [0.15, 0.2) is 48.9 Å². The SMILES string of the molecule is Cc1ccc(C(=O)Nc2cn3c(n2)CCC3(C)C)cc1C#Cc1cccnc1. The number of hydrogen-bond acceptors (Lipinski definition) is 3.